The van der Waals surface area contributed by atoms with E-state index in [1.54, 1.807) is 30.2 Å². The summed E-state index contributed by atoms with van der Waals surface area (Å²) in [6.45, 7) is 0.111. The van der Waals surface area contributed by atoms with Crippen LogP contribution in [0.5, 0.6) is 17.2 Å². The molecule has 0 spiro atoms. The Kier molecular flexibility index (Phi) is 5.54. The van der Waals surface area contributed by atoms with E-state index in [2.05, 4.69) is 4.57 Å². The largest absolute Gasteiger partial charge is 0.497 e. The lowest BCUT2D eigenvalue weighted by Crippen LogP contribution is -2.47. The average molecular weight is 522 g/mol. The molecule has 1 aliphatic carbocycles. The van der Waals surface area contributed by atoms with E-state index in [1.165, 1.54) is 0 Å². The minimum absolute atomic E-state index is 0.0281. The molecule has 1 atom stereocenters. The average Bonchev–Trinajstić information content (AvgIpc) is 3.49. The van der Waals surface area contributed by atoms with Gasteiger partial charge in [0.25, 0.3) is 5.91 Å². The highest BCUT2D eigenvalue weighted by molar-refractivity contribution is 6.03. The molecule has 0 saturated heterocycles. The summed E-state index contributed by atoms with van der Waals surface area (Å²) >= 11 is 0. The molecule has 7 rings (SSSR count). The van der Waals surface area contributed by atoms with E-state index in [0.29, 0.717) is 17.1 Å². The first-order valence-corrected chi connectivity index (χ1v) is 13.1. The number of anilines is 1. The minimum atomic E-state index is -0.366. The van der Waals surface area contributed by atoms with Gasteiger partial charge in [0.1, 0.15) is 18.3 Å². The van der Waals surface area contributed by atoms with Crippen LogP contribution in [0.2, 0.25) is 0 Å². The number of para-hydroxylation sites is 2. The molecule has 2 aliphatic heterocycles. The third kappa shape index (κ3) is 4.00. The molecule has 1 fully saturated rings. The van der Waals surface area contributed by atoms with Gasteiger partial charge in [-0.3, -0.25) is 14.5 Å². The van der Waals surface area contributed by atoms with Gasteiger partial charge in [0.2, 0.25) is 12.7 Å². The first kappa shape index (κ1) is 23.4. The van der Waals surface area contributed by atoms with Crippen molar-refractivity contribution in [1.29, 1.82) is 0 Å². The second-order valence-corrected chi connectivity index (χ2v) is 9.96. The molecular weight excluding hydrogens is 494 g/mol. The minimum Gasteiger partial charge on any atom is -0.497 e. The van der Waals surface area contributed by atoms with E-state index < -0.39 is 0 Å². The number of nitrogens with zero attached hydrogens (tertiary/aromatic N) is 3. The molecule has 1 aromatic heterocycles. The fourth-order valence-electron chi connectivity index (χ4n) is 5.53. The summed E-state index contributed by atoms with van der Waals surface area (Å²) in [6, 6.07) is 24.6. The van der Waals surface area contributed by atoms with Gasteiger partial charge in [0.15, 0.2) is 11.5 Å². The molecule has 39 heavy (non-hydrogen) atoms. The number of rotatable bonds is 6. The number of aromatic nitrogens is 1. The number of benzene rings is 3. The van der Waals surface area contributed by atoms with Gasteiger partial charge in [0, 0.05) is 17.8 Å². The van der Waals surface area contributed by atoms with Gasteiger partial charge in [-0.1, -0.05) is 24.3 Å². The lowest BCUT2D eigenvalue weighted by molar-refractivity contribution is -0.119. The number of amides is 2. The summed E-state index contributed by atoms with van der Waals surface area (Å²) in [6.07, 6.45) is 3.78. The van der Waals surface area contributed by atoms with Crippen molar-refractivity contribution in [1.82, 2.24) is 9.47 Å². The smallest absolute Gasteiger partial charge is 0.254 e. The normalized spacial score (nSPS) is 16.8. The summed E-state index contributed by atoms with van der Waals surface area (Å²) in [5, 5.41) is 0. The maximum absolute atomic E-state index is 14.3. The summed E-state index contributed by atoms with van der Waals surface area (Å²) in [7, 11) is 1.64. The summed E-state index contributed by atoms with van der Waals surface area (Å²) in [5.74, 6) is 1.59. The third-order valence-corrected chi connectivity index (χ3v) is 7.59. The predicted molar refractivity (Wildman–Crippen MR) is 145 cm³/mol. The number of fused-ring (bicyclic) bond motifs is 4. The third-order valence-electron chi connectivity index (χ3n) is 7.59. The predicted octanol–water partition coefficient (Wildman–Crippen LogP) is 4.96. The molecule has 3 heterocycles. The maximum Gasteiger partial charge on any atom is 0.254 e. The molecule has 0 N–H and O–H groups in total. The Balaban J connectivity index is 1.26. The van der Waals surface area contributed by atoms with Gasteiger partial charge in [-0.15, -0.1) is 0 Å². The van der Waals surface area contributed by atoms with Crippen molar-refractivity contribution in [3.63, 3.8) is 0 Å². The molecule has 1 unspecified atom stereocenters. The second-order valence-electron chi connectivity index (χ2n) is 9.96. The fourth-order valence-corrected chi connectivity index (χ4v) is 5.53. The van der Waals surface area contributed by atoms with Crippen LogP contribution >= 0.6 is 0 Å². The van der Waals surface area contributed by atoms with Crippen molar-refractivity contribution < 1.29 is 23.8 Å². The van der Waals surface area contributed by atoms with Crippen molar-refractivity contribution in [3.8, 4) is 22.9 Å². The van der Waals surface area contributed by atoms with E-state index in [-0.39, 0.29) is 37.2 Å². The van der Waals surface area contributed by atoms with Crippen LogP contribution < -0.4 is 19.1 Å². The summed E-state index contributed by atoms with van der Waals surface area (Å²) < 4.78 is 18.4. The van der Waals surface area contributed by atoms with E-state index in [0.717, 1.165) is 41.2 Å². The SMILES string of the molecule is COc1ccc(C2c3cccn3-c3ccccc3N2C(=O)CN(C(=O)c2ccc3c(c2)OCO3)C2CC2)cc1. The van der Waals surface area contributed by atoms with E-state index in [4.69, 9.17) is 14.2 Å². The van der Waals surface area contributed by atoms with Crippen molar-refractivity contribution in [2.24, 2.45) is 0 Å². The van der Waals surface area contributed by atoms with Crippen LogP contribution in [0.15, 0.2) is 85.1 Å². The Morgan fingerprint density at radius 2 is 1.69 bits per heavy atom. The van der Waals surface area contributed by atoms with E-state index in [1.807, 2.05) is 71.8 Å². The first-order chi connectivity index (χ1) is 19.1. The quantitative estimate of drug-likeness (QED) is 0.359. The Hall–Kier alpha value is -4.72. The molecular formula is C31H27N3O5. The number of methoxy groups -OCH3 is 1. The van der Waals surface area contributed by atoms with Gasteiger partial charge < -0.3 is 23.7 Å². The highest BCUT2D eigenvalue weighted by Crippen LogP contribution is 2.43. The standard InChI is InChI=1S/C31H27N3O5/c1-37-23-13-8-20(9-14-23)30-26-7-4-16-32(26)24-5-2-3-6-25(24)34(30)29(35)18-33(22-11-12-22)31(36)21-10-15-27-28(17-21)39-19-38-27/h2-10,13-17,22,30H,11-12,18-19H2,1H3. The molecule has 8 heteroatoms. The molecule has 3 aliphatic rings. The van der Waals surface area contributed by atoms with Crippen molar-refractivity contribution in [3.05, 3.63) is 102 Å². The number of hydrogen-bond donors (Lipinski definition) is 0. The zero-order chi connectivity index (χ0) is 26.5. The molecule has 4 aromatic rings. The molecule has 1 saturated carbocycles. The van der Waals surface area contributed by atoms with Crippen LogP contribution in [0, 0.1) is 0 Å². The number of carbonyl (C=O) groups is 2. The van der Waals surface area contributed by atoms with Gasteiger partial charge in [-0.05, 0) is 73.0 Å². The molecule has 2 amide bonds. The van der Waals surface area contributed by atoms with Crippen LogP contribution in [0.3, 0.4) is 0 Å². The Morgan fingerprint density at radius 1 is 0.923 bits per heavy atom. The van der Waals surface area contributed by atoms with E-state index >= 15 is 0 Å². The monoisotopic (exact) mass is 521 g/mol. The van der Waals surface area contributed by atoms with Gasteiger partial charge in [-0.25, -0.2) is 0 Å². The fraction of sp³-hybridized carbons (Fsp3) is 0.226. The van der Waals surface area contributed by atoms with Crippen LogP contribution in [-0.2, 0) is 4.79 Å². The second kappa shape index (κ2) is 9.23. The zero-order valence-electron chi connectivity index (χ0n) is 21.4. The Bertz CT molecular complexity index is 1570. The summed E-state index contributed by atoms with van der Waals surface area (Å²) in [5.41, 5.74) is 4.15. The first-order valence-electron chi connectivity index (χ1n) is 13.1. The number of ether oxygens (including phenoxy) is 3. The van der Waals surface area contributed by atoms with Gasteiger partial charge in [-0.2, -0.15) is 0 Å². The van der Waals surface area contributed by atoms with E-state index in [9.17, 15) is 9.59 Å². The lowest BCUT2D eigenvalue weighted by atomic mass is 9.97. The van der Waals surface area contributed by atoms with Crippen LogP contribution in [0.25, 0.3) is 5.69 Å². The molecule has 0 bridgehead atoms. The van der Waals surface area contributed by atoms with Gasteiger partial charge >= 0.3 is 0 Å². The van der Waals surface area contributed by atoms with Crippen LogP contribution in [0.1, 0.15) is 40.5 Å². The number of hydrogen-bond acceptors (Lipinski definition) is 5. The molecule has 0 radical (unpaired) electrons. The topological polar surface area (TPSA) is 73.2 Å². The van der Waals surface area contributed by atoms with Crippen molar-refractivity contribution >= 4 is 17.5 Å². The highest BCUT2D eigenvalue weighted by atomic mass is 16.7. The van der Waals surface area contributed by atoms with Crippen molar-refractivity contribution in [2.75, 3.05) is 25.3 Å². The lowest BCUT2D eigenvalue weighted by Gasteiger charge is -2.39. The van der Waals surface area contributed by atoms with Crippen LogP contribution in [0.4, 0.5) is 5.69 Å². The molecule has 196 valence electrons. The number of carbonyl (C=O) groups excluding carboxylic acids is 2. The summed E-state index contributed by atoms with van der Waals surface area (Å²) in [4.78, 5) is 31.6. The van der Waals surface area contributed by atoms with Gasteiger partial charge in [0.05, 0.1) is 24.2 Å². The van der Waals surface area contributed by atoms with Crippen LogP contribution in [-0.4, -0.2) is 47.8 Å². The molecule has 3 aromatic carbocycles. The Labute approximate surface area is 225 Å². The zero-order valence-corrected chi connectivity index (χ0v) is 21.4. The molecule has 8 nitrogen and oxygen atoms in total. The highest BCUT2D eigenvalue weighted by Gasteiger charge is 2.40. The maximum atomic E-state index is 14.3. The van der Waals surface area contributed by atoms with Crippen molar-refractivity contribution in [2.45, 2.75) is 24.9 Å². The Morgan fingerprint density at radius 3 is 2.46 bits per heavy atom.